The Bertz CT molecular complexity index is 257. The monoisotopic (exact) mass is 289 g/mol. The molecule has 0 saturated heterocycles. The number of halogens is 4. The molecule has 0 aromatic rings. The van der Waals surface area contributed by atoms with Crippen molar-refractivity contribution in [2.45, 2.75) is 32.9 Å². The number of carbonyl (C=O) groups is 1. The van der Waals surface area contributed by atoms with E-state index in [0.717, 1.165) is 6.42 Å². The van der Waals surface area contributed by atoms with Crippen molar-refractivity contribution in [2.75, 3.05) is 25.6 Å². The molecule has 0 heterocycles. The van der Waals surface area contributed by atoms with Crippen LogP contribution in [0.5, 0.6) is 0 Å². The van der Waals surface area contributed by atoms with Gasteiger partial charge in [0.05, 0.1) is 6.61 Å². The van der Waals surface area contributed by atoms with Crippen LogP contribution in [-0.2, 0) is 9.53 Å². The van der Waals surface area contributed by atoms with E-state index in [4.69, 9.17) is 11.6 Å². The van der Waals surface area contributed by atoms with Crippen molar-refractivity contribution in [3.05, 3.63) is 0 Å². The fourth-order valence-electron chi connectivity index (χ4n) is 1.12. The first kappa shape index (κ1) is 17.5. The second-order valence-electron chi connectivity index (χ2n) is 4.80. The second-order valence-corrected chi connectivity index (χ2v) is 5.18. The number of ether oxygens (including phenoxy) is 1. The van der Waals surface area contributed by atoms with Crippen molar-refractivity contribution in [1.29, 1.82) is 0 Å². The molecule has 0 atom stereocenters. The molecule has 1 amide bonds. The topological polar surface area (TPSA) is 38.3 Å². The largest absolute Gasteiger partial charge is 0.411 e. The van der Waals surface area contributed by atoms with E-state index in [-0.39, 0.29) is 24.3 Å². The van der Waals surface area contributed by atoms with Gasteiger partial charge in [-0.15, -0.1) is 11.6 Å². The average Bonchev–Trinajstić information content (AvgIpc) is 2.20. The number of hydrogen-bond donors (Lipinski definition) is 1. The van der Waals surface area contributed by atoms with Gasteiger partial charge in [-0.05, 0) is 11.8 Å². The Morgan fingerprint density at radius 1 is 1.33 bits per heavy atom. The number of nitrogens with one attached hydrogen (secondary N) is 1. The Morgan fingerprint density at radius 2 is 1.94 bits per heavy atom. The highest BCUT2D eigenvalue weighted by atomic mass is 35.5. The molecule has 0 aliphatic rings. The molecule has 0 aromatic carbocycles. The standard InChI is InChI=1S/C11H19ClF3NO2/c1-10(2,4-5-12)7-16-9(17)3-6-18-8-11(13,14)15/h3-8H2,1-2H3,(H,16,17). The predicted octanol–water partition coefficient (Wildman–Crippen LogP) is 2.73. The van der Waals surface area contributed by atoms with Gasteiger partial charge < -0.3 is 10.1 Å². The maximum Gasteiger partial charge on any atom is 0.411 e. The highest BCUT2D eigenvalue weighted by Gasteiger charge is 2.27. The van der Waals surface area contributed by atoms with E-state index in [1.165, 1.54) is 0 Å². The van der Waals surface area contributed by atoms with Crippen LogP contribution in [0.25, 0.3) is 0 Å². The van der Waals surface area contributed by atoms with Gasteiger partial charge in [0.1, 0.15) is 6.61 Å². The second kappa shape index (κ2) is 7.84. The highest BCUT2D eigenvalue weighted by Crippen LogP contribution is 2.19. The molecule has 0 fully saturated rings. The Labute approximate surface area is 110 Å². The molecule has 0 aromatic heterocycles. The van der Waals surface area contributed by atoms with E-state index in [2.05, 4.69) is 10.1 Å². The van der Waals surface area contributed by atoms with E-state index in [1.807, 2.05) is 13.8 Å². The van der Waals surface area contributed by atoms with Crippen molar-refractivity contribution in [2.24, 2.45) is 5.41 Å². The maximum absolute atomic E-state index is 11.7. The van der Waals surface area contributed by atoms with Crippen molar-refractivity contribution >= 4 is 17.5 Å². The third-order valence-electron chi connectivity index (χ3n) is 2.27. The molecular formula is C11H19ClF3NO2. The van der Waals surface area contributed by atoms with Gasteiger partial charge in [-0.25, -0.2) is 0 Å². The highest BCUT2D eigenvalue weighted by molar-refractivity contribution is 6.17. The summed E-state index contributed by atoms with van der Waals surface area (Å²) in [6.45, 7) is 2.79. The van der Waals surface area contributed by atoms with E-state index in [0.29, 0.717) is 12.4 Å². The smallest absolute Gasteiger partial charge is 0.372 e. The Balaban J connectivity index is 3.66. The van der Waals surface area contributed by atoms with Gasteiger partial charge in [0, 0.05) is 18.8 Å². The van der Waals surface area contributed by atoms with Gasteiger partial charge in [0.2, 0.25) is 5.91 Å². The molecule has 3 nitrogen and oxygen atoms in total. The normalized spacial score (nSPS) is 12.6. The zero-order chi connectivity index (χ0) is 14.2. The third-order valence-corrected chi connectivity index (χ3v) is 2.46. The summed E-state index contributed by atoms with van der Waals surface area (Å²) < 4.78 is 39.5. The Hall–Kier alpha value is -0.490. The van der Waals surface area contributed by atoms with E-state index in [9.17, 15) is 18.0 Å². The van der Waals surface area contributed by atoms with Crippen LogP contribution in [0.3, 0.4) is 0 Å². The molecule has 1 N–H and O–H groups in total. The van der Waals surface area contributed by atoms with Gasteiger partial charge >= 0.3 is 6.18 Å². The summed E-state index contributed by atoms with van der Waals surface area (Å²) in [6.07, 6.45) is -3.68. The first-order chi connectivity index (χ1) is 8.16. The third kappa shape index (κ3) is 10.7. The minimum Gasteiger partial charge on any atom is -0.372 e. The van der Waals surface area contributed by atoms with Gasteiger partial charge in [0.15, 0.2) is 0 Å². The summed E-state index contributed by atoms with van der Waals surface area (Å²) in [7, 11) is 0. The lowest BCUT2D eigenvalue weighted by Crippen LogP contribution is -2.34. The maximum atomic E-state index is 11.7. The number of carbonyl (C=O) groups excluding carboxylic acids is 1. The first-order valence-corrected chi connectivity index (χ1v) is 6.17. The lowest BCUT2D eigenvalue weighted by molar-refractivity contribution is -0.174. The average molecular weight is 290 g/mol. The Kier molecular flexibility index (Phi) is 7.62. The molecule has 0 saturated carbocycles. The van der Waals surface area contributed by atoms with Crippen LogP contribution in [0.1, 0.15) is 26.7 Å². The SMILES string of the molecule is CC(C)(CCCl)CNC(=O)CCOCC(F)(F)F. The fraction of sp³-hybridized carbons (Fsp3) is 0.909. The van der Waals surface area contributed by atoms with Gasteiger partial charge in [-0.2, -0.15) is 13.2 Å². The molecule has 0 aliphatic carbocycles. The zero-order valence-electron chi connectivity index (χ0n) is 10.6. The summed E-state index contributed by atoms with van der Waals surface area (Å²) in [5.41, 5.74) is -0.121. The molecule has 0 radical (unpaired) electrons. The lowest BCUT2D eigenvalue weighted by atomic mass is 9.90. The van der Waals surface area contributed by atoms with Gasteiger partial charge in [-0.3, -0.25) is 4.79 Å². The summed E-state index contributed by atoms with van der Waals surface area (Å²) in [4.78, 5) is 11.3. The molecular weight excluding hydrogens is 271 g/mol. The van der Waals surface area contributed by atoms with E-state index >= 15 is 0 Å². The van der Waals surface area contributed by atoms with Crippen molar-refractivity contribution in [3.63, 3.8) is 0 Å². The molecule has 0 bridgehead atoms. The van der Waals surface area contributed by atoms with Crippen LogP contribution < -0.4 is 5.32 Å². The van der Waals surface area contributed by atoms with Crippen LogP contribution in [0.4, 0.5) is 13.2 Å². The lowest BCUT2D eigenvalue weighted by Gasteiger charge is -2.23. The quantitative estimate of drug-likeness (QED) is 0.551. The number of amides is 1. The van der Waals surface area contributed by atoms with Crippen LogP contribution in [0.2, 0.25) is 0 Å². The molecule has 18 heavy (non-hydrogen) atoms. The summed E-state index contributed by atoms with van der Waals surface area (Å²) in [5, 5.41) is 2.65. The number of hydrogen-bond acceptors (Lipinski definition) is 2. The number of rotatable bonds is 8. The van der Waals surface area contributed by atoms with Crippen LogP contribution >= 0.6 is 11.6 Å². The molecule has 0 rings (SSSR count). The van der Waals surface area contributed by atoms with E-state index < -0.39 is 12.8 Å². The van der Waals surface area contributed by atoms with Crippen LogP contribution in [0.15, 0.2) is 0 Å². The van der Waals surface area contributed by atoms with Crippen molar-refractivity contribution in [1.82, 2.24) is 5.32 Å². The molecule has 0 aliphatic heterocycles. The van der Waals surface area contributed by atoms with Crippen molar-refractivity contribution < 1.29 is 22.7 Å². The van der Waals surface area contributed by atoms with Gasteiger partial charge in [-0.1, -0.05) is 13.8 Å². The minimum atomic E-state index is -4.35. The number of alkyl halides is 4. The first-order valence-electron chi connectivity index (χ1n) is 5.63. The van der Waals surface area contributed by atoms with E-state index in [1.54, 1.807) is 0 Å². The molecule has 108 valence electrons. The molecule has 7 heteroatoms. The van der Waals surface area contributed by atoms with Crippen molar-refractivity contribution in [3.8, 4) is 0 Å². The summed E-state index contributed by atoms with van der Waals surface area (Å²) >= 11 is 5.61. The summed E-state index contributed by atoms with van der Waals surface area (Å²) in [5.74, 6) is 0.178. The van der Waals surface area contributed by atoms with Crippen LogP contribution in [0, 0.1) is 5.41 Å². The van der Waals surface area contributed by atoms with Gasteiger partial charge in [0.25, 0.3) is 0 Å². The van der Waals surface area contributed by atoms with Crippen LogP contribution in [-0.4, -0.2) is 37.7 Å². The zero-order valence-corrected chi connectivity index (χ0v) is 11.3. The fourth-order valence-corrected chi connectivity index (χ4v) is 1.63. The summed E-state index contributed by atoms with van der Waals surface area (Å²) in [6, 6.07) is 0. The molecule has 0 spiro atoms. The predicted molar refractivity (Wildman–Crippen MR) is 63.6 cm³/mol. The molecule has 0 unspecified atom stereocenters. The minimum absolute atomic E-state index is 0.0764. The Morgan fingerprint density at radius 3 is 2.44 bits per heavy atom.